The Bertz CT molecular complexity index is 468. The summed E-state index contributed by atoms with van der Waals surface area (Å²) in [6, 6.07) is 0. The van der Waals surface area contributed by atoms with Gasteiger partial charge in [-0.1, -0.05) is 33.8 Å². The monoisotopic (exact) mass is 374 g/mol. The number of halogens is 1. The molecule has 0 atom stereocenters. The highest BCUT2D eigenvalue weighted by atomic mass is 35.5. The van der Waals surface area contributed by atoms with E-state index < -0.39 is 17.1 Å². The van der Waals surface area contributed by atoms with Crippen LogP contribution in [-0.2, 0) is 4.74 Å². The smallest absolute Gasteiger partial charge is 0.426 e. The maximum atomic E-state index is 11.9. The number of hydrazine groups is 1. The van der Waals surface area contributed by atoms with Gasteiger partial charge in [-0.15, -0.1) is 6.58 Å². The van der Waals surface area contributed by atoms with Gasteiger partial charge in [0.1, 0.15) is 5.60 Å². The largest absolute Gasteiger partial charge is 0.443 e. The summed E-state index contributed by atoms with van der Waals surface area (Å²) < 4.78 is 5.19. The highest BCUT2D eigenvalue weighted by molar-refractivity contribution is 6.62. The summed E-state index contributed by atoms with van der Waals surface area (Å²) in [6.45, 7) is 17.9. The fourth-order valence-corrected chi connectivity index (χ4v) is 3.25. The van der Waals surface area contributed by atoms with Gasteiger partial charge in [-0.25, -0.2) is 15.2 Å². The fraction of sp³-hybridized carbons (Fsp3) is 0.789. The molecule has 25 heavy (non-hydrogen) atoms. The number of amides is 2. The van der Waals surface area contributed by atoms with Crippen LogP contribution in [0.2, 0.25) is 0 Å². The third-order valence-electron chi connectivity index (χ3n) is 3.64. The molecule has 0 heterocycles. The van der Waals surface area contributed by atoms with Gasteiger partial charge >= 0.3 is 11.5 Å². The minimum atomic E-state index is -0.733. The number of hydrogen-bond acceptors (Lipinski definition) is 3. The van der Waals surface area contributed by atoms with E-state index in [0.29, 0.717) is 6.54 Å². The molecule has 0 saturated heterocycles. The molecule has 0 bridgehead atoms. The lowest BCUT2D eigenvalue weighted by molar-refractivity contribution is 0.0329. The van der Waals surface area contributed by atoms with E-state index in [9.17, 15) is 9.59 Å². The minimum Gasteiger partial charge on any atom is -0.443 e. The first kappa shape index (κ1) is 23.8. The average Bonchev–Trinajstić information content (AvgIpc) is 2.33. The Hall–Kier alpha value is -1.23. The molecule has 0 aliphatic carbocycles. The summed E-state index contributed by atoms with van der Waals surface area (Å²) in [4.78, 5) is 23.6. The average molecular weight is 375 g/mol. The molecule has 0 radical (unpaired) electrons. The van der Waals surface area contributed by atoms with Crippen LogP contribution in [0.5, 0.6) is 0 Å². The molecule has 146 valence electrons. The van der Waals surface area contributed by atoms with Crippen molar-refractivity contribution < 1.29 is 14.3 Å². The van der Waals surface area contributed by atoms with Crippen molar-refractivity contribution in [3.63, 3.8) is 0 Å². The second-order valence-corrected chi connectivity index (χ2v) is 9.46. The van der Waals surface area contributed by atoms with Gasteiger partial charge in [0, 0.05) is 6.54 Å². The summed E-state index contributed by atoms with van der Waals surface area (Å²) in [5.74, 6) is 0. The lowest BCUT2D eigenvalue weighted by atomic mass is 9.72. The number of nitrogens with one attached hydrogen (secondary N) is 1. The van der Waals surface area contributed by atoms with Crippen molar-refractivity contribution in [2.24, 2.45) is 10.8 Å². The molecule has 6 heteroatoms. The molecule has 0 aliphatic heterocycles. The molecule has 0 aliphatic rings. The molecule has 2 amide bonds. The van der Waals surface area contributed by atoms with Crippen LogP contribution >= 0.6 is 11.6 Å². The van der Waals surface area contributed by atoms with Crippen LogP contribution in [0.4, 0.5) is 9.59 Å². The van der Waals surface area contributed by atoms with Gasteiger partial charge in [0.05, 0.1) is 0 Å². The van der Waals surface area contributed by atoms with E-state index >= 15 is 0 Å². The predicted molar refractivity (Wildman–Crippen MR) is 104 cm³/mol. The third kappa shape index (κ3) is 11.9. The second-order valence-electron chi connectivity index (χ2n) is 9.14. The molecule has 0 aromatic carbocycles. The first-order chi connectivity index (χ1) is 11.2. The normalized spacial score (nSPS) is 12.5. The molecule has 1 N–H and O–H groups in total. The second kappa shape index (κ2) is 9.46. The zero-order valence-electron chi connectivity index (χ0n) is 16.9. The predicted octanol–water partition coefficient (Wildman–Crippen LogP) is 5.89. The number of hydrogen-bond donors (Lipinski definition) is 1. The van der Waals surface area contributed by atoms with Crippen LogP contribution in [-0.4, -0.2) is 28.6 Å². The maximum absolute atomic E-state index is 11.9. The quantitative estimate of drug-likeness (QED) is 0.189. The first-order valence-electron chi connectivity index (χ1n) is 8.75. The van der Waals surface area contributed by atoms with Crippen molar-refractivity contribution in [3.05, 3.63) is 12.7 Å². The lowest BCUT2D eigenvalue weighted by Crippen LogP contribution is -2.50. The number of rotatable bonds is 8. The highest BCUT2D eigenvalue weighted by Crippen LogP contribution is 2.37. The molecule has 0 aromatic heterocycles. The highest BCUT2D eigenvalue weighted by Gasteiger charge is 2.32. The van der Waals surface area contributed by atoms with E-state index in [2.05, 4.69) is 39.7 Å². The molecule has 0 fully saturated rings. The van der Waals surface area contributed by atoms with Crippen LogP contribution in [0.25, 0.3) is 0 Å². The topological polar surface area (TPSA) is 58.6 Å². The van der Waals surface area contributed by atoms with Crippen molar-refractivity contribution in [2.45, 2.75) is 79.8 Å². The Kier molecular flexibility index (Phi) is 9.00. The standard InChI is InChI=1S/C19H35ClN2O3/c1-9-10-11-12-18(5,6)13-19(7,8)14-22(15(20)23)21-16(24)25-17(2,3)4/h9H,1,10-14H2,2-8H3,(H,21,24). The Morgan fingerprint density at radius 1 is 1.12 bits per heavy atom. The summed E-state index contributed by atoms with van der Waals surface area (Å²) >= 11 is 5.64. The zero-order chi connectivity index (χ0) is 19.9. The van der Waals surface area contributed by atoms with Crippen LogP contribution in [0, 0.1) is 10.8 Å². The number of unbranched alkanes of at least 4 members (excludes halogenated alkanes) is 1. The van der Waals surface area contributed by atoms with Crippen LogP contribution in [0.15, 0.2) is 12.7 Å². The summed E-state index contributed by atoms with van der Waals surface area (Å²) in [6.07, 6.45) is 5.27. The van der Waals surface area contributed by atoms with Gasteiger partial charge in [0.2, 0.25) is 0 Å². The fourth-order valence-electron chi connectivity index (χ4n) is 3.15. The number of carbonyl (C=O) groups is 2. The Balaban J connectivity index is 4.84. The Morgan fingerprint density at radius 3 is 2.12 bits per heavy atom. The van der Waals surface area contributed by atoms with Gasteiger partial charge in [0.15, 0.2) is 0 Å². The molecule has 0 aromatic rings. The van der Waals surface area contributed by atoms with E-state index in [4.69, 9.17) is 16.3 Å². The zero-order valence-corrected chi connectivity index (χ0v) is 17.6. The van der Waals surface area contributed by atoms with E-state index in [0.717, 1.165) is 30.7 Å². The third-order valence-corrected chi connectivity index (χ3v) is 3.85. The minimum absolute atomic E-state index is 0.111. The molecule has 5 nitrogen and oxygen atoms in total. The number of allylic oxidation sites excluding steroid dienone is 1. The van der Waals surface area contributed by atoms with Gasteiger partial charge in [-0.2, -0.15) is 0 Å². The van der Waals surface area contributed by atoms with Gasteiger partial charge in [0.25, 0.3) is 0 Å². The van der Waals surface area contributed by atoms with Crippen molar-refractivity contribution in [2.75, 3.05) is 6.54 Å². The van der Waals surface area contributed by atoms with E-state index in [1.807, 2.05) is 6.08 Å². The SMILES string of the molecule is C=CCCCC(C)(C)CC(C)(C)CN(NC(=O)OC(C)(C)C)C(=O)Cl. The number of carbonyl (C=O) groups excluding carboxylic acids is 2. The molecule has 0 rings (SSSR count). The molecule has 0 unspecified atom stereocenters. The van der Waals surface area contributed by atoms with E-state index in [1.165, 1.54) is 0 Å². The first-order valence-corrected chi connectivity index (χ1v) is 9.13. The van der Waals surface area contributed by atoms with Gasteiger partial charge < -0.3 is 4.74 Å². The van der Waals surface area contributed by atoms with Crippen LogP contribution < -0.4 is 5.43 Å². The summed E-state index contributed by atoms with van der Waals surface area (Å²) in [7, 11) is 0. The molecule has 0 spiro atoms. The van der Waals surface area contributed by atoms with E-state index in [-0.39, 0.29) is 10.8 Å². The van der Waals surface area contributed by atoms with Gasteiger partial charge in [-0.3, -0.25) is 4.79 Å². The molecular formula is C19H35ClN2O3. The molecular weight excluding hydrogens is 340 g/mol. The van der Waals surface area contributed by atoms with Crippen molar-refractivity contribution in [1.29, 1.82) is 0 Å². The van der Waals surface area contributed by atoms with Crippen molar-refractivity contribution >= 4 is 23.1 Å². The summed E-state index contributed by atoms with van der Waals surface area (Å²) in [5, 5.41) is 0.388. The van der Waals surface area contributed by atoms with Gasteiger partial charge in [-0.05, 0) is 68.9 Å². The van der Waals surface area contributed by atoms with E-state index in [1.54, 1.807) is 20.8 Å². The van der Waals surface area contributed by atoms with Crippen molar-refractivity contribution in [1.82, 2.24) is 10.4 Å². The summed E-state index contributed by atoms with van der Waals surface area (Å²) in [5.41, 5.74) is 1.69. The molecule has 0 saturated carbocycles. The number of ether oxygens (including phenoxy) is 1. The lowest BCUT2D eigenvalue weighted by Gasteiger charge is -2.38. The maximum Gasteiger partial charge on any atom is 0.426 e. The van der Waals surface area contributed by atoms with Crippen molar-refractivity contribution in [3.8, 4) is 0 Å². The Morgan fingerprint density at radius 2 is 1.68 bits per heavy atom. The van der Waals surface area contributed by atoms with Crippen LogP contribution in [0.3, 0.4) is 0 Å². The Labute approximate surface area is 158 Å². The number of nitrogens with zero attached hydrogens (tertiary/aromatic N) is 1. The van der Waals surface area contributed by atoms with Crippen LogP contribution in [0.1, 0.15) is 74.1 Å².